The van der Waals surface area contributed by atoms with Crippen molar-refractivity contribution in [2.24, 2.45) is 0 Å². The highest BCUT2D eigenvalue weighted by atomic mass is 32.2. The summed E-state index contributed by atoms with van der Waals surface area (Å²) < 4.78 is 0.270. The normalized spacial score (nSPS) is 20.2. The molecule has 0 aliphatic carbocycles. The molecule has 0 unspecified atom stereocenters. The zero-order valence-corrected chi connectivity index (χ0v) is 14.4. The number of para-hydroxylation sites is 1. The third kappa shape index (κ3) is 3.13. The molecule has 24 heavy (non-hydrogen) atoms. The fourth-order valence-corrected chi connectivity index (χ4v) is 3.68. The molecule has 2 heterocycles. The van der Waals surface area contributed by atoms with Crippen molar-refractivity contribution >= 4 is 51.4 Å². The van der Waals surface area contributed by atoms with Gasteiger partial charge in [-0.2, -0.15) is 0 Å². The SMILES string of the molecule is CN1C=C/C(=C\C=C2\SC(=S)N(CC(=O)O)C2=O)c2ccccc21. The van der Waals surface area contributed by atoms with Crippen LogP contribution in [0.15, 0.2) is 53.6 Å². The molecule has 1 saturated heterocycles. The number of carboxylic acids is 1. The Kier molecular flexibility index (Phi) is 4.55. The number of thiocarbonyl (C=S) groups is 1. The first kappa shape index (κ1) is 16.5. The Morgan fingerprint density at radius 1 is 1.33 bits per heavy atom. The zero-order chi connectivity index (χ0) is 17.3. The van der Waals surface area contributed by atoms with Crippen LogP contribution in [0.2, 0.25) is 0 Å². The maximum Gasteiger partial charge on any atom is 0.323 e. The van der Waals surface area contributed by atoms with E-state index in [-0.39, 0.29) is 10.2 Å². The van der Waals surface area contributed by atoms with Crippen LogP contribution in [0.4, 0.5) is 5.69 Å². The lowest BCUT2D eigenvalue weighted by atomic mass is 10.00. The first-order valence-electron chi connectivity index (χ1n) is 7.15. The lowest BCUT2D eigenvalue weighted by Gasteiger charge is -2.23. The van der Waals surface area contributed by atoms with E-state index in [1.807, 2.05) is 54.6 Å². The molecule has 1 aromatic carbocycles. The molecule has 2 aliphatic rings. The maximum atomic E-state index is 12.3. The van der Waals surface area contributed by atoms with Crippen molar-refractivity contribution in [1.29, 1.82) is 0 Å². The summed E-state index contributed by atoms with van der Waals surface area (Å²) >= 11 is 6.21. The lowest BCUT2D eigenvalue weighted by Crippen LogP contribution is -2.33. The van der Waals surface area contributed by atoms with Crippen molar-refractivity contribution in [2.75, 3.05) is 18.5 Å². The number of carbonyl (C=O) groups excluding carboxylic acids is 1. The topological polar surface area (TPSA) is 60.9 Å². The molecule has 0 atom stereocenters. The second kappa shape index (κ2) is 6.62. The molecule has 0 spiro atoms. The number of carboxylic acid groups (broad SMARTS) is 1. The number of nitrogens with zero attached hydrogens (tertiary/aromatic N) is 2. The molecule has 0 bridgehead atoms. The van der Waals surface area contributed by atoms with Gasteiger partial charge in [-0.1, -0.05) is 48.3 Å². The standard InChI is InChI=1S/C17H14N2O3S2/c1-18-9-8-11(12-4-2-3-5-13(12)18)6-7-14-16(22)19(10-15(20)21)17(23)24-14/h2-9H,10H2,1H3,(H,20,21)/b11-6+,14-7+. The number of hydrogen-bond donors (Lipinski definition) is 1. The third-order valence-electron chi connectivity index (χ3n) is 3.65. The van der Waals surface area contributed by atoms with Crippen LogP contribution in [-0.2, 0) is 9.59 Å². The van der Waals surface area contributed by atoms with E-state index in [0.717, 1.165) is 33.5 Å². The summed E-state index contributed by atoms with van der Waals surface area (Å²) in [5.74, 6) is -1.45. The monoisotopic (exact) mass is 358 g/mol. The Hall–Kier alpha value is -2.38. The van der Waals surface area contributed by atoms with E-state index in [0.29, 0.717) is 4.91 Å². The van der Waals surface area contributed by atoms with E-state index >= 15 is 0 Å². The van der Waals surface area contributed by atoms with Gasteiger partial charge >= 0.3 is 5.97 Å². The molecule has 1 N–H and O–H groups in total. The smallest absolute Gasteiger partial charge is 0.323 e. The van der Waals surface area contributed by atoms with Gasteiger partial charge in [0.2, 0.25) is 0 Å². The van der Waals surface area contributed by atoms with Crippen molar-refractivity contribution in [3.63, 3.8) is 0 Å². The molecule has 0 radical (unpaired) electrons. The summed E-state index contributed by atoms with van der Waals surface area (Å²) in [4.78, 5) is 26.6. The van der Waals surface area contributed by atoms with E-state index in [1.165, 1.54) is 0 Å². The summed E-state index contributed by atoms with van der Waals surface area (Å²) in [5, 5.41) is 8.86. The van der Waals surface area contributed by atoms with E-state index in [4.69, 9.17) is 17.3 Å². The maximum absolute atomic E-state index is 12.3. The Balaban J connectivity index is 1.89. The Bertz CT molecular complexity index is 827. The highest BCUT2D eigenvalue weighted by Gasteiger charge is 2.33. The van der Waals surface area contributed by atoms with E-state index < -0.39 is 12.5 Å². The van der Waals surface area contributed by atoms with E-state index in [9.17, 15) is 9.59 Å². The minimum atomic E-state index is -1.09. The van der Waals surface area contributed by atoms with Crippen LogP contribution in [0.3, 0.4) is 0 Å². The second-order valence-corrected chi connectivity index (χ2v) is 6.93. The largest absolute Gasteiger partial charge is 0.480 e. The van der Waals surface area contributed by atoms with E-state index in [2.05, 4.69) is 0 Å². The number of anilines is 1. The van der Waals surface area contributed by atoms with Gasteiger partial charge in [-0.15, -0.1) is 0 Å². The minimum absolute atomic E-state index is 0.270. The van der Waals surface area contributed by atoms with Crippen LogP contribution < -0.4 is 4.90 Å². The number of fused-ring (bicyclic) bond motifs is 1. The summed E-state index contributed by atoms with van der Waals surface area (Å²) in [7, 11) is 1.98. The molecule has 0 aromatic heterocycles. The van der Waals surface area contributed by atoms with Gasteiger partial charge in [0.15, 0.2) is 0 Å². The van der Waals surface area contributed by atoms with Crippen LogP contribution in [0, 0.1) is 0 Å². The first-order valence-corrected chi connectivity index (χ1v) is 8.38. The number of thioether (sulfide) groups is 1. The van der Waals surface area contributed by atoms with Crippen LogP contribution in [0.5, 0.6) is 0 Å². The highest BCUT2D eigenvalue weighted by molar-refractivity contribution is 8.26. The van der Waals surface area contributed by atoms with Crippen molar-refractivity contribution < 1.29 is 14.7 Å². The van der Waals surface area contributed by atoms with E-state index in [1.54, 1.807) is 6.08 Å². The summed E-state index contributed by atoms with van der Waals surface area (Å²) in [6.45, 7) is -0.411. The predicted molar refractivity (Wildman–Crippen MR) is 99.6 cm³/mol. The molecule has 122 valence electrons. The van der Waals surface area contributed by atoms with Gasteiger partial charge in [0.05, 0.1) is 4.91 Å². The number of allylic oxidation sites excluding steroid dienone is 4. The fraction of sp³-hybridized carbons (Fsp3) is 0.118. The van der Waals surface area contributed by atoms with Crippen LogP contribution in [0.1, 0.15) is 5.56 Å². The highest BCUT2D eigenvalue weighted by Crippen LogP contribution is 2.34. The van der Waals surface area contributed by atoms with Gasteiger partial charge in [0.1, 0.15) is 10.9 Å². The molecule has 7 heteroatoms. The Morgan fingerprint density at radius 2 is 2.08 bits per heavy atom. The molecule has 1 fully saturated rings. The number of rotatable bonds is 3. The van der Waals surface area contributed by atoms with Crippen molar-refractivity contribution in [2.45, 2.75) is 0 Å². The molecule has 5 nitrogen and oxygen atoms in total. The number of aliphatic carboxylic acids is 1. The number of hydrogen-bond acceptors (Lipinski definition) is 5. The number of benzene rings is 1. The van der Waals surface area contributed by atoms with Gasteiger partial charge in [-0.3, -0.25) is 14.5 Å². The lowest BCUT2D eigenvalue weighted by molar-refractivity contribution is -0.140. The quantitative estimate of drug-likeness (QED) is 0.662. The van der Waals surface area contributed by atoms with Gasteiger partial charge in [0, 0.05) is 24.5 Å². The molecule has 1 amide bonds. The van der Waals surface area contributed by atoms with Gasteiger partial charge < -0.3 is 10.0 Å². The average Bonchev–Trinajstić information content (AvgIpc) is 2.82. The van der Waals surface area contributed by atoms with Crippen molar-refractivity contribution in [1.82, 2.24) is 4.90 Å². The number of carbonyl (C=O) groups is 2. The zero-order valence-electron chi connectivity index (χ0n) is 12.8. The predicted octanol–water partition coefficient (Wildman–Crippen LogP) is 2.86. The fourth-order valence-electron chi connectivity index (χ4n) is 2.48. The Morgan fingerprint density at radius 3 is 2.83 bits per heavy atom. The summed E-state index contributed by atoms with van der Waals surface area (Å²) in [6, 6.07) is 7.98. The van der Waals surface area contributed by atoms with Crippen LogP contribution in [0.25, 0.3) is 5.57 Å². The summed E-state index contributed by atoms with van der Waals surface area (Å²) in [5.41, 5.74) is 3.13. The molecule has 2 aliphatic heterocycles. The van der Waals surface area contributed by atoms with Crippen molar-refractivity contribution in [3.8, 4) is 0 Å². The summed E-state index contributed by atoms with van der Waals surface area (Å²) in [6.07, 6.45) is 7.48. The minimum Gasteiger partial charge on any atom is -0.480 e. The van der Waals surface area contributed by atoms with Gasteiger partial charge in [-0.05, 0) is 23.8 Å². The molecular formula is C17H14N2O3S2. The van der Waals surface area contributed by atoms with Gasteiger partial charge in [0.25, 0.3) is 5.91 Å². The van der Waals surface area contributed by atoms with Crippen molar-refractivity contribution in [3.05, 3.63) is 59.2 Å². The van der Waals surface area contributed by atoms with Crippen LogP contribution >= 0.6 is 24.0 Å². The molecular weight excluding hydrogens is 344 g/mol. The third-order valence-corrected chi connectivity index (χ3v) is 5.05. The van der Waals surface area contributed by atoms with Crippen LogP contribution in [-0.4, -0.2) is 39.8 Å². The molecule has 0 saturated carbocycles. The average molecular weight is 358 g/mol. The molecule has 1 aromatic rings. The molecule has 3 rings (SSSR count). The second-order valence-electron chi connectivity index (χ2n) is 5.25. The first-order chi connectivity index (χ1) is 11.5. The van der Waals surface area contributed by atoms with Gasteiger partial charge in [-0.25, -0.2) is 0 Å². The number of amides is 1. The Labute approximate surface area is 148 Å².